The maximum absolute atomic E-state index is 2.50. The molecular formula is C19H38N2. The summed E-state index contributed by atoms with van der Waals surface area (Å²) in [6.07, 6.45) is 6.96. The van der Waals surface area contributed by atoms with Crippen molar-refractivity contribution >= 4 is 0 Å². The van der Waals surface area contributed by atoms with Crippen molar-refractivity contribution in [3.8, 4) is 0 Å². The van der Waals surface area contributed by atoms with E-state index in [9.17, 15) is 0 Å². The Morgan fingerprint density at radius 3 is 1.14 bits per heavy atom. The molecule has 21 heavy (non-hydrogen) atoms. The first-order chi connectivity index (χ1) is 9.12. The van der Waals surface area contributed by atoms with Crippen molar-refractivity contribution in [2.45, 2.75) is 93.2 Å². The highest BCUT2D eigenvalue weighted by Crippen LogP contribution is 2.37. The Hall–Kier alpha value is -0.660. The molecule has 0 saturated heterocycles. The third-order valence-corrected chi connectivity index (χ3v) is 4.21. The second kappa shape index (κ2) is 5.52. The quantitative estimate of drug-likeness (QED) is 0.679. The van der Waals surface area contributed by atoms with Crippen LogP contribution in [-0.4, -0.2) is 27.5 Å². The van der Waals surface area contributed by atoms with E-state index in [0.29, 0.717) is 10.8 Å². The van der Waals surface area contributed by atoms with Gasteiger partial charge in [-0.05, 0) is 51.4 Å². The molecule has 2 nitrogen and oxygen atoms in total. The standard InChI is InChI=1S/C19H38N2/c1-16(2,3)13-18(7,8)20-11-12-21(15-20)19(9,10)14-17(4,5)6/h11-12H,13-15H2,1-10H3. The van der Waals surface area contributed by atoms with Crippen LogP contribution in [0.4, 0.5) is 0 Å². The van der Waals surface area contributed by atoms with Gasteiger partial charge in [-0.1, -0.05) is 41.5 Å². The van der Waals surface area contributed by atoms with Crippen molar-refractivity contribution in [2.24, 2.45) is 10.8 Å². The Morgan fingerprint density at radius 2 is 0.905 bits per heavy atom. The third-order valence-electron chi connectivity index (χ3n) is 4.21. The van der Waals surface area contributed by atoms with E-state index in [4.69, 9.17) is 0 Å². The molecule has 0 N–H and O–H groups in total. The lowest BCUT2D eigenvalue weighted by atomic mass is 9.80. The molecule has 0 aromatic rings. The molecule has 0 bridgehead atoms. The lowest BCUT2D eigenvalue weighted by Gasteiger charge is -2.45. The first-order valence-corrected chi connectivity index (χ1v) is 8.34. The Bertz CT molecular complexity index is 341. The lowest BCUT2D eigenvalue weighted by Crippen LogP contribution is -2.49. The predicted octanol–water partition coefficient (Wildman–Crippen LogP) is 5.46. The SMILES string of the molecule is CC(C)(C)CC(C)(C)N1C=CN(C(C)(C)CC(C)(C)C)C1. The minimum absolute atomic E-state index is 0.196. The van der Waals surface area contributed by atoms with Crippen LogP contribution in [0.25, 0.3) is 0 Å². The monoisotopic (exact) mass is 294 g/mol. The predicted molar refractivity (Wildman–Crippen MR) is 94.0 cm³/mol. The Morgan fingerprint density at radius 1 is 0.619 bits per heavy atom. The summed E-state index contributed by atoms with van der Waals surface area (Å²) < 4.78 is 0. The van der Waals surface area contributed by atoms with E-state index in [0.717, 1.165) is 6.67 Å². The van der Waals surface area contributed by atoms with Gasteiger partial charge in [-0.3, -0.25) is 0 Å². The summed E-state index contributed by atoms with van der Waals surface area (Å²) in [5.74, 6) is 0. The molecule has 1 aliphatic rings. The van der Waals surface area contributed by atoms with Crippen molar-refractivity contribution in [1.29, 1.82) is 0 Å². The van der Waals surface area contributed by atoms with Crippen molar-refractivity contribution in [2.75, 3.05) is 6.67 Å². The summed E-state index contributed by atoms with van der Waals surface area (Å²) in [5.41, 5.74) is 1.10. The van der Waals surface area contributed by atoms with Crippen LogP contribution in [0.3, 0.4) is 0 Å². The molecule has 0 radical (unpaired) electrons. The molecule has 1 rings (SSSR count). The van der Waals surface area contributed by atoms with Crippen LogP contribution in [0.5, 0.6) is 0 Å². The second-order valence-corrected chi connectivity index (χ2v) is 10.5. The average molecular weight is 295 g/mol. The maximum Gasteiger partial charge on any atom is 0.0903 e. The van der Waals surface area contributed by atoms with E-state index in [1.807, 2.05) is 0 Å². The van der Waals surface area contributed by atoms with Crippen LogP contribution >= 0.6 is 0 Å². The molecule has 0 aromatic heterocycles. The zero-order valence-electron chi connectivity index (χ0n) is 16.2. The van der Waals surface area contributed by atoms with Gasteiger partial charge < -0.3 is 9.80 Å². The molecule has 0 atom stereocenters. The van der Waals surface area contributed by atoms with Gasteiger partial charge in [-0.2, -0.15) is 0 Å². The summed E-state index contributed by atoms with van der Waals surface area (Å²) in [4.78, 5) is 5.01. The molecule has 0 fully saturated rings. The van der Waals surface area contributed by atoms with Gasteiger partial charge >= 0.3 is 0 Å². The van der Waals surface area contributed by atoms with Gasteiger partial charge in [0.2, 0.25) is 0 Å². The van der Waals surface area contributed by atoms with Crippen LogP contribution in [0, 0.1) is 10.8 Å². The molecule has 0 saturated carbocycles. The average Bonchev–Trinajstić information content (AvgIpc) is 2.57. The Kier molecular flexibility index (Phi) is 4.83. The maximum atomic E-state index is 2.50. The molecular weight excluding hydrogens is 256 g/mol. The summed E-state index contributed by atoms with van der Waals surface area (Å²) in [5, 5.41) is 0. The van der Waals surface area contributed by atoms with E-state index in [1.54, 1.807) is 0 Å². The van der Waals surface area contributed by atoms with Crippen LogP contribution < -0.4 is 0 Å². The van der Waals surface area contributed by atoms with E-state index in [-0.39, 0.29) is 11.1 Å². The van der Waals surface area contributed by atoms with Crippen LogP contribution in [0.15, 0.2) is 12.4 Å². The van der Waals surface area contributed by atoms with E-state index in [1.165, 1.54) is 12.8 Å². The highest BCUT2D eigenvalue weighted by Gasteiger charge is 2.37. The Labute approximate surface area is 133 Å². The number of hydrogen-bond acceptors (Lipinski definition) is 2. The van der Waals surface area contributed by atoms with E-state index >= 15 is 0 Å². The summed E-state index contributed by atoms with van der Waals surface area (Å²) in [6, 6.07) is 0. The van der Waals surface area contributed by atoms with Gasteiger partial charge in [0.25, 0.3) is 0 Å². The molecule has 1 heterocycles. The highest BCUT2D eigenvalue weighted by molar-refractivity contribution is 5.03. The lowest BCUT2D eigenvalue weighted by molar-refractivity contribution is 0.0522. The van der Waals surface area contributed by atoms with Gasteiger partial charge in [0.1, 0.15) is 0 Å². The summed E-state index contributed by atoms with van der Waals surface area (Å²) in [7, 11) is 0. The zero-order chi connectivity index (χ0) is 16.7. The van der Waals surface area contributed by atoms with Gasteiger partial charge in [0.15, 0.2) is 0 Å². The van der Waals surface area contributed by atoms with Crippen molar-refractivity contribution < 1.29 is 0 Å². The smallest absolute Gasteiger partial charge is 0.0903 e. The molecule has 0 amide bonds. The minimum Gasteiger partial charge on any atom is -0.353 e. The fourth-order valence-electron chi connectivity index (χ4n) is 4.00. The summed E-state index contributed by atoms with van der Waals surface area (Å²) >= 11 is 0. The molecule has 0 aliphatic carbocycles. The fraction of sp³-hybridized carbons (Fsp3) is 0.895. The Balaban J connectivity index is 2.75. The minimum atomic E-state index is 0.196. The molecule has 1 aliphatic heterocycles. The van der Waals surface area contributed by atoms with Crippen molar-refractivity contribution in [1.82, 2.24) is 9.80 Å². The zero-order valence-corrected chi connectivity index (χ0v) is 16.2. The van der Waals surface area contributed by atoms with Gasteiger partial charge in [0, 0.05) is 23.5 Å². The number of rotatable bonds is 4. The van der Waals surface area contributed by atoms with Crippen LogP contribution in [0.1, 0.15) is 82.1 Å². The summed E-state index contributed by atoms with van der Waals surface area (Å²) in [6.45, 7) is 24.4. The highest BCUT2D eigenvalue weighted by atomic mass is 15.4. The van der Waals surface area contributed by atoms with E-state index < -0.39 is 0 Å². The van der Waals surface area contributed by atoms with Crippen LogP contribution in [0.2, 0.25) is 0 Å². The number of nitrogens with zero attached hydrogens (tertiary/aromatic N) is 2. The van der Waals surface area contributed by atoms with E-state index in [2.05, 4.69) is 91.4 Å². The van der Waals surface area contributed by atoms with Gasteiger partial charge in [-0.25, -0.2) is 0 Å². The molecule has 2 heteroatoms. The largest absolute Gasteiger partial charge is 0.353 e. The van der Waals surface area contributed by atoms with Crippen molar-refractivity contribution in [3.05, 3.63) is 12.4 Å². The molecule has 124 valence electrons. The molecule has 0 spiro atoms. The fourth-order valence-corrected chi connectivity index (χ4v) is 4.00. The van der Waals surface area contributed by atoms with Gasteiger partial charge in [-0.15, -0.1) is 0 Å². The third kappa shape index (κ3) is 5.56. The second-order valence-electron chi connectivity index (χ2n) is 10.5. The van der Waals surface area contributed by atoms with Crippen LogP contribution in [-0.2, 0) is 0 Å². The first kappa shape index (κ1) is 18.4. The topological polar surface area (TPSA) is 6.48 Å². The molecule has 0 unspecified atom stereocenters. The first-order valence-electron chi connectivity index (χ1n) is 8.34. The normalized spacial score (nSPS) is 17.8. The van der Waals surface area contributed by atoms with Gasteiger partial charge in [0.05, 0.1) is 6.67 Å². The number of hydrogen-bond donors (Lipinski definition) is 0. The van der Waals surface area contributed by atoms with Crippen molar-refractivity contribution in [3.63, 3.8) is 0 Å². The molecule has 0 aromatic carbocycles.